The molecule has 19 heteroatoms. The molecule has 0 heterocycles. The molecule has 0 aliphatic rings. The number of phosphoric acid groups is 2. The van der Waals surface area contributed by atoms with E-state index in [2.05, 4.69) is 72.8 Å². The van der Waals surface area contributed by atoms with Crippen LogP contribution in [0.4, 0.5) is 0 Å². The van der Waals surface area contributed by atoms with Crippen LogP contribution in [-0.4, -0.2) is 96.7 Å². The molecule has 0 saturated carbocycles. The maximum atomic E-state index is 13.0. The van der Waals surface area contributed by atoms with Gasteiger partial charge in [-0.1, -0.05) is 246 Å². The van der Waals surface area contributed by atoms with Gasteiger partial charge in [0.1, 0.15) is 19.3 Å². The summed E-state index contributed by atoms with van der Waals surface area (Å²) in [5, 5.41) is 10.5. The zero-order valence-electron chi connectivity index (χ0n) is 54.5. The van der Waals surface area contributed by atoms with Gasteiger partial charge in [-0.2, -0.15) is 0 Å². The van der Waals surface area contributed by atoms with Gasteiger partial charge in [0.2, 0.25) is 0 Å². The number of unbranched alkanes of at least 4 members (excludes halogenated alkanes) is 26. The molecule has 0 saturated heterocycles. The summed E-state index contributed by atoms with van der Waals surface area (Å²) < 4.78 is 68.0. The van der Waals surface area contributed by atoms with Crippen LogP contribution < -0.4 is 0 Å². The molecule has 0 rings (SSSR count). The van der Waals surface area contributed by atoms with Crippen molar-refractivity contribution in [3.05, 3.63) is 24.3 Å². The highest BCUT2D eigenvalue weighted by Gasteiger charge is 2.30. The number of rotatable bonds is 62. The smallest absolute Gasteiger partial charge is 0.462 e. The van der Waals surface area contributed by atoms with Crippen LogP contribution in [-0.2, 0) is 65.4 Å². The van der Waals surface area contributed by atoms with Crippen LogP contribution in [0.2, 0.25) is 0 Å². The molecule has 0 spiro atoms. The lowest BCUT2D eigenvalue weighted by atomic mass is 9.99. The highest BCUT2D eigenvalue weighted by Crippen LogP contribution is 2.45. The zero-order valence-corrected chi connectivity index (χ0v) is 56.3. The van der Waals surface area contributed by atoms with Gasteiger partial charge in [0, 0.05) is 25.7 Å². The maximum absolute atomic E-state index is 13.0. The molecular formula is C66H124O17P2. The van der Waals surface area contributed by atoms with Crippen molar-refractivity contribution in [2.75, 3.05) is 39.6 Å². The van der Waals surface area contributed by atoms with Gasteiger partial charge in [0.15, 0.2) is 12.2 Å². The van der Waals surface area contributed by atoms with Crippen molar-refractivity contribution in [1.82, 2.24) is 0 Å². The molecular weight excluding hydrogens is 1130 g/mol. The van der Waals surface area contributed by atoms with Crippen molar-refractivity contribution in [2.24, 2.45) is 17.8 Å². The second-order valence-electron chi connectivity index (χ2n) is 24.4. The monoisotopic (exact) mass is 1250 g/mol. The molecule has 500 valence electrons. The number of esters is 4. The van der Waals surface area contributed by atoms with E-state index in [4.69, 9.17) is 37.0 Å². The first kappa shape index (κ1) is 82.5. The van der Waals surface area contributed by atoms with Gasteiger partial charge in [-0.05, 0) is 69.1 Å². The average Bonchev–Trinajstić information content (AvgIpc) is 3.58. The third kappa shape index (κ3) is 59.0. The lowest BCUT2D eigenvalue weighted by molar-refractivity contribution is -0.161. The predicted octanol–water partition coefficient (Wildman–Crippen LogP) is 17.8. The average molecular weight is 1250 g/mol. The summed E-state index contributed by atoms with van der Waals surface area (Å²) in [7, 11) is -9.90. The fraction of sp³-hybridized carbons (Fsp3) is 0.879. The molecule has 0 aromatic rings. The Morgan fingerprint density at radius 2 is 0.694 bits per heavy atom. The molecule has 0 bridgehead atoms. The van der Waals surface area contributed by atoms with Crippen LogP contribution in [0.25, 0.3) is 0 Å². The molecule has 17 nitrogen and oxygen atoms in total. The topological polar surface area (TPSA) is 237 Å². The molecule has 6 atom stereocenters. The van der Waals surface area contributed by atoms with Crippen LogP contribution >= 0.6 is 15.6 Å². The number of phosphoric ester groups is 2. The second-order valence-corrected chi connectivity index (χ2v) is 27.3. The standard InChI is InChI=1S/C66H124O17P2/c1-8-10-11-12-13-14-15-16-17-18-19-20-24-33-40-47-63(68)76-53-61(82-65(70)49-42-35-25-22-21-23-32-39-46-59(7)9-2)55-80-84(72,73)78-51-60(67)52-79-85(74,75)81-56-62(83-66(71)50-43-36-29-27-31-38-45-58(5)6)54-77-64(69)48-41-34-28-26-30-37-44-57(3)4/h14-17,57-62,67H,8-13,18-56H2,1-7H3,(H,72,73)(H,74,75)/b15-14-,17-16-/t59?,60-,61-,62-/m1/s1. The molecule has 0 radical (unpaired) electrons. The molecule has 0 aromatic heterocycles. The van der Waals surface area contributed by atoms with E-state index in [-0.39, 0.29) is 25.7 Å². The molecule has 85 heavy (non-hydrogen) atoms. The van der Waals surface area contributed by atoms with Crippen molar-refractivity contribution in [3.63, 3.8) is 0 Å². The normalized spacial score (nSPS) is 14.8. The minimum absolute atomic E-state index is 0.0973. The SMILES string of the molecule is CCCCCC/C=C\C=C/CCCCCCCC(=O)OC[C@H](COP(=O)(O)OC[C@@H](O)COP(=O)(O)OC[C@@H](COC(=O)CCCCCCCCC(C)C)OC(=O)CCCCCCCCC(C)C)OC(=O)CCCCCCCCCCC(C)CC. The van der Waals surface area contributed by atoms with E-state index in [0.717, 1.165) is 121 Å². The molecule has 0 aliphatic heterocycles. The minimum atomic E-state index is -4.96. The number of aliphatic hydroxyl groups excluding tert-OH is 1. The van der Waals surface area contributed by atoms with E-state index in [0.29, 0.717) is 37.5 Å². The first-order chi connectivity index (χ1) is 40.8. The number of hydrogen-bond donors (Lipinski definition) is 3. The quantitative estimate of drug-likeness (QED) is 0.0169. The van der Waals surface area contributed by atoms with Crippen molar-refractivity contribution in [2.45, 2.75) is 317 Å². The molecule has 0 fully saturated rings. The van der Waals surface area contributed by atoms with Gasteiger partial charge in [0.05, 0.1) is 26.4 Å². The fourth-order valence-corrected chi connectivity index (χ4v) is 10.8. The lowest BCUT2D eigenvalue weighted by Gasteiger charge is -2.21. The number of ether oxygens (including phenoxy) is 4. The van der Waals surface area contributed by atoms with Crippen molar-refractivity contribution in [3.8, 4) is 0 Å². The molecule has 3 N–H and O–H groups in total. The molecule has 0 aromatic carbocycles. The fourth-order valence-electron chi connectivity index (χ4n) is 9.26. The van der Waals surface area contributed by atoms with Gasteiger partial charge in [-0.15, -0.1) is 0 Å². The third-order valence-electron chi connectivity index (χ3n) is 14.9. The third-order valence-corrected chi connectivity index (χ3v) is 16.8. The molecule has 0 amide bonds. The van der Waals surface area contributed by atoms with E-state index in [1.165, 1.54) is 83.5 Å². The Morgan fingerprint density at radius 1 is 0.388 bits per heavy atom. The molecule has 3 unspecified atom stereocenters. The summed E-state index contributed by atoms with van der Waals surface area (Å²) in [6, 6.07) is 0. The Balaban J connectivity index is 5.27. The second kappa shape index (κ2) is 56.8. The van der Waals surface area contributed by atoms with Gasteiger partial charge < -0.3 is 33.8 Å². The van der Waals surface area contributed by atoms with Crippen LogP contribution in [0.5, 0.6) is 0 Å². The summed E-state index contributed by atoms with van der Waals surface area (Å²) in [6.07, 6.45) is 41.5. The Morgan fingerprint density at radius 3 is 1.05 bits per heavy atom. The van der Waals surface area contributed by atoms with Crippen LogP contribution in [0.1, 0.15) is 299 Å². The first-order valence-electron chi connectivity index (χ1n) is 33.7. The van der Waals surface area contributed by atoms with Crippen molar-refractivity contribution < 1.29 is 80.2 Å². The summed E-state index contributed by atoms with van der Waals surface area (Å²) in [4.78, 5) is 72.2. The molecule has 0 aliphatic carbocycles. The predicted molar refractivity (Wildman–Crippen MR) is 340 cm³/mol. The zero-order chi connectivity index (χ0) is 63.1. The van der Waals surface area contributed by atoms with Crippen LogP contribution in [0, 0.1) is 17.8 Å². The van der Waals surface area contributed by atoms with E-state index >= 15 is 0 Å². The Hall–Kier alpha value is -2.46. The summed E-state index contributed by atoms with van der Waals surface area (Å²) in [5.41, 5.74) is 0. The van der Waals surface area contributed by atoms with Crippen LogP contribution in [0.3, 0.4) is 0 Å². The summed E-state index contributed by atoms with van der Waals surface area (Å²) >= 11 is 0. The van der Waals surface area contributed by atoms with Crippen molar-refractivity contribution in [1.29, 1.82) is 0 Å². The number of allylic oxidation sites excluding steroid dienone is 4. The Kier molecular flexibility index (Phi) is 55.1. The lowest BCUT2D eigenvalue weighted by Crippen LogP contribution is -2.30. The van der Waals surface area contributed by atoms with E-state index in [9.17, 15) is 43.2 Å². The Labute approximate surface area is 516 Å². The maximum Gasteiger partial charge on any atom is 0.472 e. The minimum Gasteiger partial charge on any atom is -0.462 e. The summed E-state index contributed by atoms with van der Waals surface area (Å²) in [5.74, 6) is -0.0590. The highest BCUT2D eigenvalue weighted by molar-refractivity contribution is 7.47. The number of hydrogen-bond acceptors (Lipinski definition) is 15. The van der Waals surface area contributed by atoms with Crippen molar-refractivity contribution >= 4 is 39.5 Å². The summed E-state index contributed by atoms with van der Waals surface area (Å²) in [6.45, 7) is 11.6. The number of carbonyl (C=O) groups excluding carboxylic acids is 4. The van der Waals surface area contributed by atoms with Crippen LogP contribution in [0.15, 0.2) is 24.3 Å². The van der Waals surface area contributed by atoms with E-state index < -0.39 is 97.5 Å². The largest absolute Gasteiger partial charge is 0.472 e. The number of carbonyl (C=O) groups is 4. The van der Waals surface area contributed by atoms with Gasteiger partial charge in [-0.25, -0.2) is 9.13 Å². The van der Waals surface area contributed by atoms with E-state index in [1.807, 2.05) is 0 Å². The van der Waals surface area contributed by atoms with Gasteiger partial charge >= 0.3 is 39.5 Å². The van der Waals surface area contributed by atoms with Gasteiger partial charge in [0.25, 0.3) is 0 Å². The first-order valence-corrected chi connectivity index (χ1v) is 36.7. The Bertz CT molecular complexity index is 1780. The number of aliphatic hydroxyl groups is 1. The van der Waals surface area contributed by atoms with Gasteiger partial charge in [-0.3, -0.25) is 37.3 Å². The van der Waals surface area contributed by atoms with E-state index in [1.54, 1.807) is 0 Å². The highest BCUT2D eigenvalue weighted by atomic mass is 31.2.